The topological polar surface area (TPSA) is 36.4 Å². The van der Waals surface area contributed by atoms with Gasteiger partial charge >= 0.3 is 0 Å². The Balaban J connectivity index is 0.000000771. The van der Waals surface area contributed by atoms with Crippen LogP contribution < -0.4 is 10.6 Å². The van der Waals surface area contributed by atoms with E-state index < -0.39 is 0 Å². The predicted molar refractivity (Wildman–Crippen MR) is 81.7 cm³/mol. The van der Waals surface area contributed by atoms with Crippen LogP contribution in [0.3, 0.4) is 0 Å². The normalized spacial score (nSPS) is 28.6. The SMILES string of the molecule is BrC1=N/CN/C=C(/C2CCNCC2)C/C=C\1.C#C. The average Bonchev–Trinajstić information content (AvgIpc) is 2.54. The summed E-state index contributed by atoms with van der Waals surface area (Å²) in [5, 5.41) is 6.67. The van der Waals surface area contributed by atoms with Crippen LogP contribution in [-0.4, -0.2) is 24.4 Å². The van der Waals surface area contributed by atoms with E-state index in [2.05, 4.69) is 56.7 Å². The number of rotatable bonds is 1. The van der Waals surface area contributed by atoms with Crippen LogP contribution in [0, 0.1) is 18.8 Å². The number of hydrogen-bond acceptors (Lipinski definition) is 3. The fourth-order valence-electron chi connectivity index (χ4n) is 2.18. The molecule has 2 rings (SSSR count). The quantitative estimate of drug-likeness (QED) is 0.730. The summed E-state index contributed by atoms with van der Waals surface area (Å²) >= 11 is 3.41. The number of terminal acetylenes is 1. The molecule has 0 amide bonds. The van der Waals surface area contributed by atoms with Crippen LogP contribution in [0.1, 0.15) is 19.3 Å². The van der Waals surface area contributed by atoms with Crippen molar-refractivity contribution >= 4 is 20.6 Å². The second-order valence-corrected chi connectivity index (χ2v) is 5.01. The number of allylic oxidation sites excluding steroid dienone is 3. The zero-order chi connectivity index (χ0) is 13.2. The molecule has 0 radical (unpaired) electrons. The predicted octanol–water partition coefficient (Wildman–Crippen LogP) is 2.42. The average molecular weight is 310 g/mol. The lowest BCUT2D eigenvalue weighted by Gasteiger charge is -2.24. The Morgan fingerprint density at radius 3 is 2.72 bits per heavy atom. The fourth-order valence-corrected chi connectivity index (χ4v) is 2.49. The Morgan fingerprint density at radius 1 is 1.28 bits per heavy atom. The molecule has 4 heteroatoms. The van der Waals surface area contributed by atoms with Crippen molar-refractivity contribution in [1.29, 1.82) is 0 Å². The first kappa shape index (κ1) is 15.0. The van der Waals surface area contributed by atoms with E-state index in [1.165, 1.54) is 18.4 Å². The Hall–Kier alpha value is -1.05. The van der Waals surface area contributed by atoms with Crippen molar-refractivity contribution in [2.75, 3.05) is 19.8 Å². The molecule has 0 saturated carbocycles. The highest BCUT2D eigenvalue weighted by atomic mass is 79.9. The maximum Gasteiger partial charge on any atom is 0.108 e. The number of halogens is 1. The molecule has 1 fully saturated rings. The molecule has 0 aromatic heterocycles. The molecule has 98 valence electrons. The summed E-state index contributed by atoms with van der Waals surface area (Å²) in [5.41, 5.74) is 1.51. The van der Waals surface area contributed by atoms with Crippen LogP contribution in [0.15, 0.2) is 28.9 Å². The number of nitrogens with one attached hydrogen (secondary N) is 2. The third-order valence-electron chi connectivity index (χ3n) is 3.08. The maximum absolute atomic E-state index is 4.30. The van der Waals surface area contributed by atoms with Gasteiger partial charge in [-0.05, 0) is 72.0 Å². The van der Waals surface area contributed by atoms with Crippen LogP contribution >= 0.6 is 15.9 Å². The molecule has 1 saturated heterocycles. The van der Waals surface area contributed by atoms with Crippen LogP contribution in [0.2, 0.25) is 0 Å². The summed E-state index contributed by atoms with van der Waals surface area (Å²) < 4.78 is 0.917. The third kappa shape index (κ3) is 5.07. The van der Waals surface area contributed by atoms with Gasteiger partial charge in [-0.25, -0.2) is 0 Å². The smallest absolute Gasteiger partial charge is 0.108 e. The molecule has 0 unspecified atom stereocenters. The zero-order valence-electron chi connectivity index (χ0n) is 10.5. The Morgan fingerprint density at radius 2 is 2.00 bits per heavy atom. The van der Waals surface area contributed by atoms with Crippen LogP contribution in [0.25, 0.3) is 0 Å². The van der Waals surface area contributed by atoms with Crippen molar-refractivity contribution in [3.63, 3.8) is 0 Å². The second-order valence-electron chi connectivity index (χ2n) is 4.19. The number of nitrogens with zero attached hydrogens (tertiary/aromatic N) is 1. The summed E-state index contributed by atoms with van der Waals surface area (Å²) in [6, 6.07) is 0. The number of hydrogen-bond donors (Lipinski definition) is 2. The molecule has 18 heavy (non-hydrogen) atoms. The highest BCUT2D eigenvalue weighted by molar-refractivity contribution is 9.18. The van der Waals surface area contributed by atoms with Crippen molar-refractivity contribution in [3.8, 4) is 12.8 Å². The van der Waals surface area contributed by atoms with Crippen LogP contribution in [0.5, 0.6) is 0 Å². The molecule has 0 atom stereocenters. The minimum Gasteiger partial charge on any atom is -0.372 e. The standard InChI is InChI=1S/C12H18BrN3.C2H2/c13-12-3-1-2-11(8-15-9-16-12)10-4-6-14-7-5-10;1-2/h1,3,8,10,14-15H,2,4-7,9H2;1-2H/b3-1-,11-8+,16-12+;. The molecule has 2 heterocycles. The van der Waals surface area contributed by atoms with E-state index in [0.29, 0.717) is 6.67 Å². The van der Waals surface area contributed by atoms with Crippen molar-refractivity contribution in [3.05, 3.63) is 23.9 Å². The van der Waals surface area contributed by atoms with E-state index in [1.807, 2.05) is 6.08 Å². The lowest BCUT2D eigenvalue weighted by atomic mass is 9.88. The van der Waals surface area contributed by atoms with Gasteiger partial charge in [0, 0.05) is 0 Å². The van der Waals surface area contributed by atoms with Gasteiger partial charge in [-0.2, -0.15) is 0 Å². The first-order chi connectivity index (χ1) is 8.86. The molecule has 0 aromatic carbocycles. The summed E-state index contributed by atoms with van der Waals surface area (Å²) in [4.78, 5) is 4.30. The second kappa shape index (κ2) is 8.96. The Labute approximate surface area is 118 Å². The molecule has 2 N–H and O–H groups in total. The van der Waals surface area contributed by atoms with Gasteiger partial charge in [0.15, 0.2) is 0 Å². The Bertz CT molecular complexity index is 349. The third-order valence-corrected chi connectivity index (χ3v) is 3.60. The monoisotopic (exact) mass is 309 g/mol. The van der Waals surface area contributed by atoms with Crippen molar-refractivity contribution in [1.82, 2.24) is 10.6 Å². The molecular formula is C14H20BrN3. The van der Waals surface area contributed by atoms with Gasteiger partial charge in [0.1, 0.15) is 11.3 Å². The van der Waals surface area contributed by atoms with E-state index in [9.17, 15) is 0 Å². The van der Waals surface area contributed by atoms with Gasteiger partial charge in [-0.3, -0.25) is 4.99 Å². The van der Waals surface area contributed by atoms with Crippen molar-refractivity contribution < 1.29 is 0 Å². The number of aliphatic imine (C=N–C) groups is 1. The van der Waals surface area contributed by atoms with Gasteiger partial charge in [-0.15, -0.1) is 12.8 Å². The fraction of sp³-hybridized carbons (Fsp3) is 0.500. The first-order valence-electron chi connectivity index (χ1n) is 6.19. The summed E-state index contributed by atoms with van der Waals surface area (Å²) in [6.07, 6.45) is 17.9. The largest absolute Gasteiger partial charge is 0.372 e. The lowest BCUT2D eigenvalue weighted by molar-refractivity contribution is 0.414. The molecular weight excluding hydrogens is 290 g/mol. The zero-order valence-corrected chi connectivity index (χ0v) is 12.1. The first-order valence-corrected chi connectivity index (χ1v) is 6.98. The molecule has 2 aliphatic heterocycles. The van der Waals surface area contributed by atoms with Gasteiger partial charge in [-0.1, -0.05) is 6.08 Å². The molecule has 2 aliphatic rings. The van der Waals surface area contributed by atoms with Gasteiger partial charge < -0.3 is 10.6 Å². The van der Waals surface area contributed by atoms with Crippen molar-refractivity contribution in [2.24, 2.45) is 10.9 Å². The van der Waals surface area contributed by atoms with Crippen LogP contribution in [-0.2, 0) is 0 Å². The van der Waals surface area contributed by atoms with Gasteiger partial charge in [0.2, 0.25) is 0 Å². The highest BCUT2D eigenvalue weighted by Gasteiger charge is 2.16. The Kier molecular flexibility index (Phi) is 7.47. The van der Waals surface area contributed by atoms with E-state index >= 15 is 0 Å². The number of piperidine rings is 1. The van der Waals surface area contributed by atoms with Gasteiger partial charge in [0.25, 0.3) is 0 Å². The molecule has 3 nitrogen and oxygen atoms in total. The molecule has 0 aliphatic carbocycles. The summed E-state index contributed by atoms with van der Waals surface area (Å²) in [5.74, 6) is 0.732. The molecule has 0 aromatic rings. The maximum atomic E-state index is 4.30. The van der Waals surface area contributed by atoms with E-state index in [-0.39, 0.29) is 0 Å². The van der Waals surface area contributed by atoms with Crippen molar-refractivity contribution in [2.45, 2.75) is 19.3 Å². The van der Waals surface area contributed by atoms with E-state index in [1.54, 1.807) is 0 Å². The lowest BCUT2D eigenvalue weighted by Crippen LogP contribution is -2.29. The van der Waals surface area contributed by atoms with Gasteiger partial charge in [0.05, 0.1) is 0 Å². The highest BCUT2D eigenvalue weighted by Crippen LogP contribution is 2.24. The van der Waals surface area contributed by atoms with Crippen LogP contribution in [0.4, 0.5) is 0 Å². The molecule has 0 bridgehead atoms. The minimum atomic E-state index is 0.652. The molecule has 0 spiro atoms. The summed E-state index contributed by atoms with van der Waals surface area (Å²) in [6.45, 7) is 2.94. The van der Waals surface area contributed by atoms with E-state index in [0.717, 1.165) is 30.0 Å². The summed E-state index contributed by atoms with van der Waals surface area (Å²) in [7, 11) is 0. The minimum absolute atomic E-state index is 0.652. The van der Waals surface area contributed by atoms with E-state index in [4.69, 9.17) is 0 Å².